The van der Waals surface area contributed by atoms with Crippen molar-refractivity contribution in [1.29, 1.82) is 0 Å². The van der Waals surface area contributed by atoms with Crippen LogP contribution in [-0.2, 0) is 6.54 Å². The second-order valence-electron chi connectivity index (χ2n) is 6.01. The summed E-state index contributed by atoms with van der Waals surface area (Å²) in [5.41, 5.74) is 4.29. The molecule has 0 aliphatic carbocycles. The minimum atomic E-state index is 1.02. The molecule has 0 aromatic heterocycles. The van der Waals surface area contributed by atoms with Crippen LogP contribution in [0.5, 0.6) is 0 Å². The SMILES string of the molecule is CCCCCCCCCCNCc1cccc(C)c1C. The van der Waals surface area contributed by atoms with Gasteiger partial charge in [-0.1, -0.05) is 70.1 Å². The van der Waals surface area contributed by atoms with E-state index < -0.39 is 0 Å². The van der Waals surface area contributed by atoms with Gasteiger partial charge in [0.05, 0.1) is 0 Å². The Morgan fingerprint density at radius 1 is 0.850 bits per heavy atom. The van der Waals surface area contributed by atoms with Crippen molar-refractivity contribution in [2.45, 2.75) is 78.7 Å². The molecule has 0 unspecified atom stereocenters. The molecule has 0 heterocycles. The van der Waals surface area contributed by atoms with Crippen molar-refractivity contribution in [3.8, 4) is 0 Å². The highest BCUT2D eigenvalue weighted by molar-refractivity contribution is 5.32. The maximum Gasteiger partial charge on any atom is 0.0208 e. The van der Waals surface area contributed by atoms with Crippen LogP contribution in [-0.4, -0.2) is 6.54 Å². The van der Waals surface area contributed by atoms with Gasteiger partial charge in [-0.3, -0.25) is 0 Å². The molecule has 1 aromatic rings. The van der Waals surface area contributed by atoms with E-state index in [1.165, 1.54) is 68.1 Å². The Morgan fingerprint density at radius 3 is 2.20 bits per heavy atom. The van der Waals surface area contributed by atoms with E-state index in [1.807, 2.05) is 0 Å². The van der Waals surface area contributed by atoms with Crippen LogP contribution in [0.4, 0.5) is 0 Å². The van der Waals surface area contributed by atoms with Crippen LogP contribution >= 0.6 is 0 Å². The van der Waals surface area contributed by atoms with Gasteiger partial charge in [0, 0.05) is 6.54 Å². The summed E-state index contributed by atoms with van der Waals surface area (Å²) in [6.07, 6.45) is 11.2. The van der Waals surface area contributed by atoms with Crippen molar-refractivity contribution < 1.29 is 0 Å². The predicted octanol–water partition coefficient (Wildman–Crippen LogP) is 5.53. The lowest BCUT2D eigenvalue weighted by Gasteiger charge is -2.09. The zero-order valence-corrected chi connectivity index (χ0v) is 13.8. The second kappa shape index (κ2) is 10.9. The zero-order chi connectivity index (χ0) is 14.6. The summed E-state index contributed by atoms with van der Waals surface area (Å²) >= 11 is 0. The monoisotopic (exact) mass is 275 g/mol. The fraction of sp³-hybridized carbons (Fsp3) is 0.684. The highest BCUT2D eigenvalue weighted by Crippen LogP contribution is 2.12. The molecule has 0 amide bonds. The summed E-state index contributed by atoms with van der Waals surface area (Å²) in [5, 5.41) is 3.58. The smallest absolute Gasteiger partial charge is 0.0208 e. The highest BCUT2D eigenvalue weighted by atomic mass is 14.8. The third kappa shape index (κ3) is 7.09. The Balaban J connectivity index is 1.98. The molecule has 0 fully saturated rings. The standard InChI is InChI=1S/C19H33N/c1-4-5-6-7-8-9-10-11-15-20-16-19-14-12-13-17(2)18(19)3/h12-14,20H,4-11,15-16H2,1-3H3. The molecule has 1 aromatic carbocycles. The summed E-state index contributed by atoms with van der Waals surface area (Å²) in [6.45, 7) is 8.87. The van der Waals surface area contributed by atoms with Crippen LogP contribution in [0.2, 0.25) is 0 Å². The molecule has 0 saturated carbocycles. The number of aryl methyl sites for hydroxylation is 1. The first-order valence-electron chi connectivity index (χ1n) is 8.51. The average molecular weight is 275 g/mol. The van der Waals surface area contributed by atoms with Gasteiger partial charge in [0.15, 0.2) is 0 Å². The molecule has 0 spiro atoms. The summed E-state index contributed by atoms with van der Waals surface area (Å²) in [5.74, 6) is 0. The highest BCUT2D eigenvalue weighted by Gasteiger charge is 1.99. The first kappa shape index (κ1) is 17.2. The van der Waals surface area contributed by atoms with Gasteiger partial charge in [0.2, 0.25) is 0 Å². The fourth-order valence-electron chi connectivity index (χ4n) is 2.61. The van der Waals surface area contributed by atoms with Gasteiger partial charge in [0.1, 0.15) is 0 Å². The maximum atomic E-state index is 3.58. The zero-order valence-electron chi connectivity index (χ0n) is 13.8. The van der Waals surface area contributed by atoms with E-state index in [-0.39, 0.29) is 0 Å². The number of benzene rings is 1. The van der Waals surface area contributed by atoms with Gasteiger partial charge in [-0.25, -0.2) is 0 Å². The predicted molar refractivity (Wildman–Crippen MR) is 90.2 cm³/mol. The largest absolute Gasteiger partial charge is 0.313 e. The van der Waals surface area contributed by atoms with E-state index in [0.717, 1.165) is 13.1 Å². The molecule has 114 valence electrons. The van der Waals surface area contributed by atoms with Crippen LogP contribution in [0.15, 0.2) is 18.2 Å². The average Bonchev–Trinajstić information content (AvgIpc) is 2.45. The van der Waals surface area contributed by atoms with Gasteiger partial charge >= 0.3 is 0 Å². The Kier molecular flexibility index (Phi) is 9.40. The molecule has 1 nitrogen and oxygen atoms in total. The van der Waals surface area contributed by atoms with Crippen LogP contribution in [0.25, 0.3) is 0 Å². The van der Waals surface area contributed by atoms with E-state index in [4.69, 9.17) is 0 Å². The third-order valence-electron chi connectivity index (χ3n) is 4.24. The Morgan fingerprint density at radius 2 is 1.50 bits per heavy atom. The van der Waals surface area contributed by atoms with Crippen LogP contribution in [0, 0.1) is 13.8 Å². The lowest BCUT2D eigenvalue weighted by Crippen LogP contribution is -2.15. The molecular weight excluding hydrogens is 242 g/mol. The second-order valence-corrected chi connectivity index (χ2v) is 6.01. The van der Waals surface area contributed by atoms with Crippen molar-refractivity contribution in [3.05, 3.63) is 34.9 Å². The van der Waals surface area contributed by atoms with E-state index >= 15 is 0 Å². The quantitative estimate of drug-likeness (QED) is 0.523. The molecule has 0 atom stereocenters. The van der Waals surface area contributed by atoms with Crippen molar-refractivity contribution >= 4 is 0 Å². The van der Waals surface area contributed by atoms with Gasteiger partial charge < -0.3 is 5.32 Å². The number of hydrogen-bond acceptors (Lipinski definition) is 1. The van der Waals surface area contributed by atoms with Gasteiger partial charge in [-0.15, -0.1) is 0 Å². The van der Waals surface area contributed by atoms with Crippen molar-refractivity contribution in [2.24, 2.45) is 0 Å². The van der Waals surface area contributed by atoms with Gasteiger partial charge in [0.25, 0.3) is 0 Å². The lowest BCUT2D eigenvalue weighted by molar-refractivity contribution is 0.554. The summed E-state index contributed by atoms with van der Waals surface area (Å²) in [4.78, 5) is 0. The number of nitrogens with one attached hydrogen (secondary N) is 1. The van der Waals surface area contributed by atoms with Crippen LogP contribution < -0.4 is 5.32 Å². The molecule has 0 bridgehead atoms. The number of rotatable bonds is 11. The first-order valence-corrected chi connectivity index (χ1v) is 8.51. The molecule has 20 heavy (non-hydrogen) atoms. The van der Waals surface area contributed by atoms with Crippen molar-refractivity contribution in [3.63, 3.8) is 0 Å². The third-order valence-corrected chi connectivity index (χ3v) is 4.24. The summed E-state index contributed by atoms with van der Waals surface area (Å²) in [7, 11) is 0. The maximum absolute atomic E-state index is 3.58. The molecule has 0 aliphatic rings. The Bertz CT molecular complexity index is 357. The molecule has 1 heteroatoms. The number of hydrogen-bond donors (Lipinski definition) is 1. The Labute approximate surface area is 126 Å². The van der Waals surface area contributed by atoms with Crippen molar-refractivity contribution in [2.75, 3.05) is 6.54 Å². The molecule has 1 rings (SSSR count). The number of unbranched alkanes of at least 4 members (excludes halogenated alkanes) is 7. The first-order chi connectivity index (χ1) is 9.75. The molecular formula is C19H33N. The van der Waals surface area contributed by atoms with Gasteiger partial charge in [-0.05, 0) is 43.5 Å². The topological polar surface area (TPSA) is 12.0 Å². The van der Waals surface area contributed by atoms with Crippen LogP contribution in [0.1, 0.15) is 75.0 Å². The normalized spacial score (nSPS) is 10.9. The Hall–Kier alpha value is -0.820. The van der Waals surface area contributed by atoms with E-state index in [9.17, 15) is 0 Å². The lowest BCUT2D eigenvalue weighted by atomic mass is 10.0. The van der Waals surface area contributed by atoms with Crippen molar-refractivity contribution in [1.82, 2.24) is 5.32 Å². The van der Waals surface area contributed by atoms with E-state index in [1.54, 1.807) is 0 Å². The fourth-order valence-corrected chi connectivity index (χ4v) is 2.61. The summed E-state index contributed by atoms with van der Waals surface area (Å²) < 4.78 is 0. The molecule has 1 N–H and O–H groups in total. The van der Waals surface area contributed by atoms with E-state index in [0.29, 0.717) is 0 Å². The van der Waals surface area contributed by atoms with E-state index in [2.05, 4.69) is 44.3 Å². The summed E-state index contributed by atoms with van der Waals surface area (Å²) in [6, 6.07) is 6.59. The minimum absolute atomic E-state index is 1.02. The minimum Gasteiger partial charge on any atom is -0.313 e. The molecule has 0 saturated heterocycles. The van der Waals surface area contributed by atoms with Gasteiger partial charge in [-0.2, -0.15) is 0 Å². The molecule has 0 radical (unpaired) electrons. The molecule has 0 aliphatic heterocycles. The van der Waals surface area contributed by atoms with Crippen LogP contribution in [0.3, 0.4) is 0 Å².